The van der Waals surface area contributed by atoms with Crippen molar-refractivity contribution in [1.82, 2.24) is 5.32 Å². The minimum absolute atomic E-state index is 0.0767. The molecule has 28 heavy (non-hydrogen) atoms. The van der Waals surface area contributed by atoms with E-state index in [-0.39, 0.29) is 24.5 Å². The zero-order chi connectivity index (χ0) is 20.1. The summed E-state index contributed by atoms with van der Waals surface area (Å²) in [5, 5.41) is 11.7. The summed E-state index contributed by atoms with van der Waals surface area (Å²) in [7, 11) is 1.61. The van der Waals surface area contributed by atoms with Crippen molar-refractivity contribution < 1.29 is 28.9 Å². The highest BCUT2D eigenvalue weighted by atomic mass is 16.5. The summed E-state index contributed by atoms with van der Waals surface area (Å²) in [6.45, 7) is 1.84. The molecule has 2 unspecified atom stereocenters. The largest absolute Gasteiger partial charge is 0.497 e. The molecule has 7 nitrogen and oxygen atoms in total. The van der Waals surface area contributed by atoms with E-state index in [0.717, 1.165) is 22.6 Å². The fourth-order valence-corrected chi connectivity index (χ4v) is 3.08. The van der Waals surface area contributed by atoms with Gasteiger partial charge in [-0.3, -0.25) is 4.79 Å². The van der Waals surface area contributed by atoms with Gasteiger partial charge in [0, 0.05) is 0 Å². The molecule has 0 fully saturated rings. The van der Waals surface area contributed by atoms with E-state index in [1.807, 2.05) is 25.1 Å². The quantitative estimate of drug-likeness (QED) is 0.761. The van der Waals surface area contributed by atoms with Crippen LogP contribution in [0.3, 0.4) is 0 Å². The van der Waals surface area contributed by atoms with Gasteiger partial charge in [0.05, 0.1) is 19.1 Å². The number of amides is 1. The van der Waals surface area contributed by atoms with Crippen LogP contribution in [0.2, 0.25) is 0 Å². The van der Waals surface area contributed by atoms with Crippen LogP contribution in [0.4, 0.5) is 0 Å². The number of methoxy groups -OCH3 is 1. The molecule has 2 N–H and O–H groups in total. The summed E-state index contributed by atoms with van der Waals surface area (Å²) in [6.07, 6.45) is 0.590. The van der Waals surface area contributed by atoms with Gasteiger partial charge in [0.1, 0.15) is 23.9 Å². The first-order valence-corrected chi connectivity index (χ1v) is 9.01. The minimum atomic E-state index is -1.03. The molecule has 1 amide bonds. The maximum absolute atomic E-state index is 12.7. The summed E-state index contributed by atoms with van der Waals surface area (Å²) >= 11 is 0. The third kappa shape index (κ3) is 4.73. The van der Waals surface area contributed by atoms with Gasteiger partial charge in [-0.25, -0.2) is 4.79 Å². The first kappa shape index (κ1) is 19.5. The van der Waals surface area contributed by atoms with Crippen molar-refractivity contribution in [2.45, 2.75) is 19.4 Å². The van der Waals surface area contributed by atoms with Gasteiger partial charge in [0.15, 0.2) is 6.61 Å². The Morgan fingerprint density at radius 1 is 1.21 bits per heavy atom. The monoisotopic (exact) mass is 385 g/mol. The summed E-state index contributed by atoms with van der Waals surface area (Å²) in [5.74, 6) is 0.610. The van der Waals surface area contributed by atoms with E-state index in [0.29, 0.717) is 18.8 Å². The molecule has 148 valence electrons. The molecule has 1 aliphatic heterocycles. The van der Waals surface area contributed by atoms with Gasteiger partial charge in [-0.15, -0.1) is 0 Å². The van der Waals surface area contributed by atoms with E-state index in [9.17, 15) is 9.59 Å². The average Bonchev–Trinajstić information content (AvgIpc) is 2.71. The van der Waals surface area contributed by atoms with Crippen LogP contribution in [-0.2, 0) is 16.0 Å². The molecule has 7 heteroatoms. The predicted molar refractivity (Wildman–Crippen MR) is 102 cm³/mol. The third-order valence-electron chi connectivity index (χ3n) is 4.65. The van der Waals surface area contributed by atoms with Crippen LogP contribution in [-0.4, -0.2) is 37.3 Å². The lowest BCUT2D eigenvalue weighted by Gasteiger charge is -2.26. The molecular weight excluding hydrogens is 362 g/mol. The first-order valence-electron chi connectivity index (χ1n) is 9.01. The number of carboxylic acid groups (broad SMARTS) is 1. The van der Waals surface area contributed by atoms with Gasteiger partial charge < -0.3 is 24.6 Å². The van der Waals surface area contributed by atoms with Crippen molar-refractivity contribution in [3.8, 4) is 17.2 Å². The first-order chi connectivity index (χ1) is 13.5. The lowest BCUT2D eigenvalue weighted by Crippen LogP contribution is -2.38. The highest BCUT2D eigenvalue weighted by Gasteiger charge is 2.27. The fraction of sp³-hybridized carbons (Fsp3) is 0.333. The second kappa shape index (κ2) is 8.65. The van der Waals surface area contributed by atoms with Crippen LogP contribution in [0.5, 0.6) is 17.2 Å². The molecule has 0 aromatic heterocycles. The lowest BCUT2D eigenvalue weighted by molar-refractivity contribution is -0.139. The van der Waals surface area contributed by atoms with E-state index in [1.54, 1.807) is 31.4 Å². The number of carbonyl (C=O) groups is 2. The topological polar surface area (TPSA) is 94.1 Å². The van der Waals surface area contributed by atoms with Crippen molar-refractivity contribution in [3.05, 3.63) is 53.6 Å². The molecule has 0 saturated heterocycles. The Bertz CT molecular complexity index is 848. The number of carbonyl (C=O) groups excluding carboxylic acids is 1. The van der Waals surface area contributed by atoms with Gasteiger partial charge in [0.2, 0.25) is 5.91 Å². The standard InChI is InChI=1S/C21H23NO6/c1-13(14-3-5-17(6-4-14)27-12-20(23)24)22-21(25)16-9-15-10-18(26-2)7-8-19(15)28-11-16/h3-8,10,13,16H,9,11-12H2,1-2H3,(H,22,25)(H,23,24). The van der Waals surface area contributed by atoms with Crippen LogP contribution < -0.4 is 19.5 Å². The normalized spacial score (nSPS) is 16.3. The second-order valence-corrected chi connectivity index (χ2v) is 6.67. The van der Waals surface area contributed by atoms with Crippen molar-refractivity contribution in [3.63, 3.8) is 0 Å². The molecule has 2 aromatic rings. The maximum Gasteiger partial charge on any atom is 0.341 e. The van der Waals surface area contributed by atoms with Crippen LogP contribution in [0, 0.1) is 5.92 Å². The Morgan fingerprint density at radius 2 is 1.93 bits per heavy atom. The number of ether oxygens (including phenoxy) is 3. The van der Waals surface area contributed by atoms with Crippen molar-refractivity contribution in [2.75, 3.05) is 20.3 Å². The van der Waals surface area contributed by atoms with Gasteiger partial charge in [-0.2, -0.15) is 0 Å². The van der Waals surface area contributed by atoms with Gasteiger partial charge in [0.25, 0.3) is 0 Å². The van der Waals surface area contributed by atoms with Crippen molar-refractivity contribution >= 4 is 11.9 Å². The predicted octanol–water partition coefficient (Wildman–Crippen LogP) is 2.59. The number of hydrogen-bond acceptors (Lipinski definition) is 5. The minimum Gasteiger partial charge on any atom is -0.497 e. The number of benzene rings is 2. The fourth-order valence-electron chi connectivity index (χ4n) is 3.08. The summed E-state index contributed by atoms with van der Waals surface area (Å²) < 4.78 is 16.1. The molecule has 0 aliphatic carbocycles. The van der Waals surface area contributed by atoms with Gasteiger partial charge >= 0.3 is 5.97 Å². The Labute approximate surface area is 163 Å². The van der Waals surface area contributed by atoms with E-state index in [4.69, 9.17) is 19.3 Å². The van der Waals surface area contributed by atoms with E-state index in [1.165, 1.54) is 0 Å². The molecule has 1 aliphatic rings. The van der Waals surface area contributed by atoms with Crippen LogP contribution in [0.15, 0.2) is 42.5 Å². The highest BCUT2D eigenvalue weighted by molar-refractivity contribution is 5.80. The molecular formula is C21H23NO6. The third-order valence-corrected chi connectivity index (χ3v) is 4.65. The second-order valence-electron chi connectivity index (χ2n) is 6.67. The van der Waals surface area contributed by atoms with E-state index < -0.39 is 5.97 Å². The van der Waals surface area contributed by atoms with Crippen LogP contribution >= 0.6 is 0 Å². The Balaban J connectivity index is 1.59. The summed E-state index contributed by atoms with van der Waals surface area (Å²) in [5.41, 5.74) is 1.85. The highest BCUT2D eigenvalue weighted by Crippen LogP contribution is 2.31. The number of nitrogens with one attached hydrogen (secondary N) is 1. The number of aliphatic carboxylic acids is 1. The van der Waals surface area contributed by atoms with Crippen molar-refractivity contribution in [2.24, 2.45) is 5.92 Å². The van der Waals surface area contributed by atoms with Crippen LogP contribution in [0.25, 0.3) is 0 Å². The van der Waals surface area contributed by atoms with E-state index in [2.05, 4.69) is 5.32 Å². The number of fused-ring (bicyclic) bond motifs is 1. The Morgan fingerprint density at radius 3 is 2.61 bits per heavy atom. The molecule has 3 rings (SSSR count). The number of rotatable bonds is 7. The lowest BCUT2D eigenvalue weighted by atomic mass is 9.95. The Hall–Kier alpha value is -3.22. The molecule has 0 radical (unpaired) electrons. The summed E-state index contributed by atoms with van der Waals surface area (Å²) in [4.78, 5) is 23.2. The zero-order valence-electron chi connectivity index (χ0n) is 15.8. The zero-order valence-corrected chi connectivity index (χ0v) is 15.8. The molecule has 0 spiro atoms. The van der Waals surface area contributed by atoms with Crippen molar-refractivity contribution in [1.29, 1.82) is 0 Å². The Kier molecular flexibility index (Phi) is 6.03. The maximum atomic E-state index is 12.7. The van der Waals surface area contributed by atoms with Gasteiger partial charge in [-0.1, -0.05) is 12.1 Å². The smallest absolute Gasteiger partial charge is 0.341 e. The number of hydrogen-bond donors (Lipinski definition) is 2. The van der Waals surface area contributed by atoms with Crippen LogP contribution in [0.1, 0.15) is 24.1 Å². The molecule has 1 heterocycles. The average molecular weight is 385 g/mol. The molecule has 0 bridgehead atoms. The summed E-state index contributed by atoms with van der Waals surface area (Å²) in [6, 6.07) is 12.4. The SMILES string of the molecule is COc1ccc2c(c1)CC(C(=O)NC(C)c1ccc(OCC(=O)O)cc1)CO2. The number of carboxylic acids is 1. The van der Waals surface area contributed by atoms with E-state index >= 15 is 0 Å². The molecule has 2 atom stereocenters. The molecule has 0 saturated carbocycles. The molecule has 2 aromatic carbocycles. The van der Waals surface area contributed by atoms with Gasteiger partial charge in [-0.05, 0) is 54.8 Å².